The molecule has 0 spiro atoms. The molecule has 6 nitrogen and oxygen atoms in total. The molecule has 0 saturated carbocycles. The van der Waals surface area contributed by atoms with Gasteiger partial charge in [-0.1, -0.05) is 12.1 Å². The van der Waals surface area contributed by atoms with Crippen LogP contribution in [-0.2, 0) is 21.2 Å². The number of hydrogen-bond donors (Lipinski definition) is 1. The van der Waals surface area contributed by atoms with Crippen LogP contribution in [0.5, 0.6) is 5.75 Å². The molecule has 1 N–H and O–H groups in total. The number of sulfonamides is 1. The highest BCUT2D eigenvalue weighted by molar-refractivity contribution is 9.10. The van der Waals surface area contributed by atoms with Gasteiger partial charge in [-0.05, 0) is 64.3 Å². The van der Waals surface area contributed by atoms with Crippen molar-refractivity contribution in [2.75, 3.05) is 20.2 Å². The van der Waals surface area contributed by atoms with E-state index in [4.69, 9.17) is 4.74 Å². The maximum Gasteiger partial charge on any atom is 0.250 e. The fraction of sp³-hybridized carbons (Fsp3) is 0.421. The van der Waals surface area contributed by atoms with Crippen LogP contribution in [0.25, 0.3) is 0 Å². The zero-order valence-corrected chi connectivity index (χ0v) is 18.8. The third-order valence-electron chi connectivity index (χ3n) is 4.77. The molecule has 0 aliphatic carbocycles. The Labute approximate surface area is 178 Å². The number of nitrogens with zero attached hydrogens (tertiary/aromatic N) is 1. The molecule has 0 unspecified atom stereocenters. The molecular formula is C19H23BrN2O4S2. The van der Waals surface area contributed by atoms with Crippen LogP contribution in [0.2, 0.25) is 0 Å². The van der Waals surface area contributed by atoms with Crippen molar-refractivity contribution in [2.45, 2.75) is 35.9 Å². The monoisotopic (exact) mass is 486 g/mol. The predicted octanol–water partition coefficient (Wildman–Crippen LogP) is 3.42. The van der Waals surface area contributed by atoms with Gasteiger partial charge < -0.3 is 9.64 Å². The summed E-state index contributed by atoms with van der Waals surface area (Å²) >= 11 is 4.67. The number of carbonyl (C=O) groups is 1. The summed E-state index contributed by atoms with van der Waals surface area (Å²) in [5.74, 6) is 0.869. The second-order valence-electron chi connectivity index (χ2n) is 6.68. The van der Waals surface area contributed by atoms with Crippen molar-refractivity contribution in [1.82, 2.24) is 9.62 Å². The number of piperidine rings is 1. The summed E-state index contributed by atoms with van der Waals surface area (Å²) in [5, 5.41) is 1.75. The molecule has 1 aliphatic rings. The van der Waals surface area contributed by atoms with Gasteiger partial charge in [0.15, 0.2) is 0 Å². The first-order valence-corrected chi connectivity index (χ1v) is 12.2. The zero-order valence-electron chi connectivity index (χ0n) is 15.6. The number of amides is 1. The van der Waals surface area contributed by atoms with Crippen LogP contribution in [0.4, 0.5) is 0 Å². The number of aryl methyl sites for hydroxylation is 1. The molecule has 2 aromatic rings. The van der Waals surface area contributed by atoms with Gasteiger partial charge in [0.25, 0.3) is 0 Å². The molecule has 3 rings (SSSR count). The smallest absolute Gasteiger partial charge is 0.250 e. The van der Waals surface area contributed by atoms with Gasteiger partial charge in [-0.15, -0.1) is 11.3 Å². The lowest BCUT2D eigenvalue weighted by Crippen LogP contribution is -2.46. The van der Waals surface area contributed by atoms with E-state index in [1.54, 1.807) is 24.6 Å². The molecule has 9 heteroatoms. The largest absolute Gasteiger partial charge is 0.496 e. The highest BCUT2D eigenvalue weighted by atomic mass is 79.9. The molecule has 1 aliphatic heterocycles. The van der Waals surface area contributed by atoms with Gasteiger partial charge in [0.1, 0.15) is 9.96 Å². The molecule has 0 radical (unpaired) electrons. The van der Waals surface area contributed by atoms with Crippen molar-refractivity contribution in [1.29, 1.82) is 0 Å². The van der Waals surface area contributed by atoms with Gasteiger partial charge >= 0.3 is 0 Å². The summed E-state index contributed by atoms with van der Waals surface area (Å²) < 4.78 is 33.8. The highest BCUT2D eigenvalue weighted by Crippen LogP contribution is 2.26. The third kappa shape index (κ3) is 5.34. The Balaban J connectivity index is 1.47. The molecule has 1 saturated heterocycles. The number of methoxy groups -OCH3 is 1. The Morgan fingerprint density at radius 1 is 1.32 bits per heavy atom. The Morgan fingerprint density at radius 3 is 2.68 bits per heavy atom. The molecule has 0 bridgehead atoms. The van der Waals surface area contributed by atoms with Crippen LogP contribution in [0.15, 0.2) is 44.4 Å². The molecule has 2 heterocycles. The Kier molecular flexibility index (Phi) is 7.14. The number of carbonyl (C=O) groups excluding carboxylic acids is 1. The van der Waals surface area contributed by atoms with E-state index in [0.717, 1.165) is 15.8 Å². The van der Waals surface area contributed by atoms with Gasteiger partial charge in [-0.3, -0.25) is 4.79 Å². The van der Waals surface area contributed by atoms with Crippen molar-refractivity contribution in [3.05, 3.63) is 45.7 Å². The van der Waals surface area contributed by atoms with Gasteiger partial charge in [-0.25, -0.2) is 13.1 Å². The van der Waals surface area contributed by atoms with Crippen molar-refractivity contribution in [2.24, 2.45) is 0 Å². The van der Waals surface area contributed by atoms with E-state index in [1.165, 1.54) is 11.3 Å². The first-order valence-electron chi connectivity index (χ1n) is 9.05. The Hall–Kier alpha value is -1.42. The Bertz CT molecular complexity index is 908. The molecule has 28 heavy (non-hydrogen) atoms. The molecule has 152 valence electrons. The second-order valence-corrected chi connectivity index (χ2v) is 10.4. The first kappa shape index (κ1) is 21.3. The van der Waals surface area contributed by atoms with E-state index < -0.39 is 10.0 Å². The summed E-state index contributed by atoms with van der Waals surface area (Å²) in [7, 11) is -1.84. The standard InChI is InChI=1S/C19H23BrN2O4S2/c1-26-17-6-4-14(13-16(17)20)5-7-18(23)22-10-8-15(9-11-22)21-28(24,25)19-3-2-12-27-19/h2-4,6,12-13,15,21H,5,7-11H2,1H3. The zero-order chi connectivity index (χ0) is 20.1. The minimum absolute atomic E-state index is 0.103. The highest BCUT2D eigenvalue weighted by Gasteiger charge is 2.26. The average Bonchev–Trinajstić information content (AvgIpc) is 3.22. The predicted molar refractivity (Wildman–Crippen MR) is 113 cm³/mol. The normalized spacial score (nSPS) is 15.6. The summed E-state index contributed by atoms with van der Waals surface area (Å²) in [4.78, 5) is 14.3. The molecule has 1 fully saturated rings. The number of likely N-dealkylation sites (tertiary alicyclic amines) is 1. The summed E-state index contributed by atoms with van der Waals surface area (Å²) in [6.45, 7) is 1.14. The van der Waals surface area contributed by atoms with Crippen LogP contribution in [0.1, 0.15) is 24.8 Å². The van der Waals surface area contributed by atoms with Gasteiger partial charge in [0, 0.05) is 25.6 Å². The maximum atomic E-state index is 12.5. The van der Waals surface area contributed by atoms with Crippen molar-refractivity contribution in [3.63, 3.8) is 0 Å². The Morgan fingerprint density at radius 2 is 2.07 bits per heavy atom. The molecule has 0 atom stereocenters. The van der Waals surface area contributed by atoms with Crippen LogP contribution < -0.4 is 9.46 Å². The number of rotatable bonds is 7. The molecule has 1 aromatic carbocycles. The lowest BCUT2D eigenvalue weighted by molar-refractivity contribution is -0.132. The van der Waals surface area contributed by atoms with Crippen molar-refractivity contribution >= 4 is 43.2 Å². The van der Waals surface area contributed by atoms with Gasteiger partial charge in [0.05, 0.1) is 11.6 Å². The number of hydrogen-bond acceptors (Lipinski definition) is 5. The number of ether oxygens (including phenoxy) is 1. The summed E-state index contributed by atoms with van der Waals surface area (Å²) in [6, 6.07) is 9.01. The fourth-order valence-electron chi connectivity index (χ4n) is 3.22. The minimum Gasteiger partial charge on any atom is -0.496 e. The first-order chi connectivity index (χ1) is 13.4. The number of thiophene rings is 1. The number of halogens is 1. The van der Waals surface area contributed by atoms with Crippen LogP contribution in [0, 0.1) is 0 Å². The SMILES string of the molecule is COc1ccc(CCC(=O)N2CCC(NS(=O)(=O)c3cccs3)CC2)cc1Br. The van der Waals surface area contributed by atoms with E-state index >= 15 is 0 Å². The van der Waals surface area contributed by atoms with Gasteiger partial charge in [-0.2, -0.15) is 0 Å². The van der Waals surface area contributed by atoms with E-state index in [0.29, 0.717) is 43.0 Å². The lowest BCUT2D eigenvalue weighted by atomic mass is 10.0. The fourth-order valence-corrected chi connectivity index (χ4v) is 6.12. The van der Waals surface area contributed by atoms with Crippen LogP contribution in [0.3, 0.4) is 0 Å². The van der Waals surface area contributed by atoms with Crippen molar-refractivity contribution < 1.29 is 17.9 Å². The number of nitrogens with one attached hydrogen (secondary N) is 1. The molecule has 1 aromatic heterocycles. The van der Waals surface area contributed by atoms with E-state index in [2.05, 4.69) is 20.7 Å². The topological polar surface area (TPSA) is 75.7 Å². The maximum absolute atomic E-state index is 12.5. The lowest BCUT2D eigenvalue weighted by Gasteiger charge is -2.32. The van der Waals surface area contributed by atoms with Crippen LogP contribution >= 0.6 is 27.3 Å². The third-order valence-corrected chi connectivity index (χ3v) is 8.31. The van der Waals surface area contributed by atoms with Gasteiger partial charge in [0.2, 0.25) is 15.9 Å². The summed E-state index contributed by atoms with van der Waals surface area (Å²) in [5.41, 5.74) is 1.07. The van der Waals surface area contributed by atoms with E-state index in [9.17, 15) is 13.2 Å². The minimum atomic E-state index is -3.46. The number of benzene rings is 1. The molecular weight excluding hydrogens is 464 g/mol. The average molecular weight is 487 g/mol. The van der Waals surface area contributed by atoms with E-state index in [1.807, 2.05) is 23.1 Å². The molecule has 1 amide bonds. The summed E-state index contributed by atoms with van der Waals surface area (Å²) in [6.07, 6.45) is 2.35. The quantitative estimate of drug-likeness (QED) is 0.650. The second kappa shape index (κ2) is 9.39. The van der Waals surface area contributed by atoms with Crippen LogP contribution in [-0.4, -0.2) is 45.5 Å². The van der Waals surface area contributed by atoms with E-state index in [-0.39, 0.29) is 11.9 Å². The van der Waals surface area contributed by atoms with Crippen molar-refractivity contribution in [3.8, 4) is 5.75 Å².